The molecule has 1 heteroatoms. The van der Waals surface area contributed by atoms with E-state index in [-0.39, 0.29) is 5.41 Å². The average Bonchev–Trinajstić information content (AvgIpc) is 3.27. The van der Waals surface area contributed by atoms with Crippen molar-refractivity contribution in [1.82, 2.24) is 0 Å². The van der Waals surface area contributed by atoms with Crippen LogP contribution >= 0.6 is 22.6 Å². The van der Waals surface area contributed by atoms with Gasteiger partial charge < -0.3 is 0 Å². The van der Waals surface area contributed by atoms with Crippen LogP contribution < -0.4 is 0 Å². The molecular formula is C43H29I. The number of hydrogen-bond donors (Lipinski definition) is 0. The van der Waals surface area contributed by atoms with Crippen LogP contribution in [0.15, 0.2) is 140 Å². The molecule has 0 aliphatic heterocycles. The number of rotatable bonds is 2. The van der Waals surface area contributed by atoms with E-state index in [9.17, 15) is 0 Å². The van der Waals surface area contributed by atoms with Crippen molar-refractivity contribution in [2.24, 2.45) is 0 Å². The lowest BCUT2D eigenvalue weighted by molar-refractivity contribution is 0.660. The van der Waals surface area contributed by atoms with Crippen molar-refractivity contribution in [3.63, 3.8) is 0 Å². The van der Waals surface area contributed by atoms with E-state index in [1.807, 2.05) is 0 Å². The molecule has 0 spiro atoms. The maximum atomic E-state index is 2.47. The molecule has 0 aromatic heterocycles. The van der Waals surface area contributed by atoms with Crippen LogP contribution in [-0.4, -0.2) is 0 Å². The third-order valence-electron chi connectivity index (χ3n) is 9.86. The molecule has 0 fully saturated rings. The standard InChI is InChI=1S/C43H29I/c1-43(2)38-24-29(18-20-36(38)37-21-19-31(44)25-39(37)43)32-17-9-13-30-23-28-12-5-8-16-35(28)42(40(30)32)41-33-14-6-3-10-26(33)22-27-11-4-7-15-34(27)41/h3-25H,1-2H3. The first kappa shape index (κ1) is 26.0. The van der Waals surface area contributed by atoms with E-state index in [4.69, 9.17) is 0 Å². The molecule has 0 atom stereocenters. The third-order valence-corrected chi connectivity index (χ3v) is 10.5. The van der Waals surface area contributed by atoms with Gasteiger partial charge in [-0.1, -0.05) is 123 Å². The van der Waals surface area contributed by atoms with E-state index in [0.717, 1.165) is 0 Å². The zero-order valence-electron chi connectivity index (χ0n) is 24.7. The zero-order chi connectivity index (χ0) is 29.6. The minimum atomic E-state index is -0.0617. The van der Waals surface area contributed by atoms with Crippen LogP contribution in [0.2, 0.25) is 0 Å². The lowest BCUT2D eigenvalue weighted by Gasteiger charge is -2.23. The summed E-state index contributed by atoms with van der Waals surface area (Å²) in [4.78, 5) is 0. The topological polar surface area (TPSA) is 0 Å². The monoisotopic (exact) mass is 672 g/mol. The molecule has 0 heterocycles. The molecule has 0 saturated heterocycles. The normalized spacial score (nSPS) is 13.5. The number of fused-ring (bicyclic) bond motifs is 7. The van der Waals surface area contributed by atoms with E-state index in [1.165, 1.54) is 91.2 Å². The molecule has 1 aliphatic carbocycles. The van der Waals surface area contributed by atoms with E-state index in [0.29, 0.717) is 0 Å². The second kappa shape index (κ2) is 9.51. The molecule has 0 saturated carbocycles. The van der Waals surface area contributed by atoms with Crippen molar-refractivity contribution in [1.29, 1.82) is 0 Å². The SMILES string of the molecule is CC1(C)c2cc(I)ccc2-c2ccc(-c3cccc4cc5ccccc5c(-c5c6ccccc6cc6ccccc56)c34)cc21. The Labute approximate surface area is 271 Å². The Bertz CT molecular complexity index is 2430. The maximum absolute atomic E-state index is 2.47. The minimum absolute atomic E-state index is 0.0617. The minimum Gasteiger partial charge on any atom is -0.0616 e. The van der Waals surface area contributed by atoms with Crippen molar-refractivity contribution in [3.8, 4) is 33.4 Å². The zero-order valence-corrected chi connectivity index (χ0v) is 26.8. The summed E-state index contributed by atoms with van der Waals surface area (Å²) in [7, 11) is 0. The van der Waals surface area contributed by atoms with Crippen molar-refractivity contribution >= 4 is 65.7 Å². The van der Waals surface area contributed by atoms with Gasteiger partial charge in [0.05, 0.1) is 0 Å². The second-order valence-corrected chi connectivity index (χ2v) is 13.9. The van der Waals surface area contributed by atoms with E-state index < -0.39 is 0 Å². The fourth-order valence-electron chi connectivity index (χ4n) is 7.78. The maximum Gasteiger partial charge on any atom is 0.0159 e. The molecule has 44 heavy (non-hydrogen) atoms. The Morgan fingerprint density at radius 2 is 0.955 bits per heavy atom. The number of halogens is 1. The van der Waals surface area contributed by atoms with Gasteiger partial charge in [-0.15, -0.1) is 0 Å². The van der Waals surface area contributed by atoms with Crippen LogP contribution in [0.3, 0.4) is 0 Å². The van der Waals surface area contributed by atoms with Crippen LogP contribution in [0.5, 0.6) is 0 Å². The molecule has 0 amide bonds. The summed E-state index contributed by atoms with van der Waals surface area (Å²) in [6.45, 7) is 4.75. The quantitative estimate of drug-likeness (QED) is 0.127. The number of benzene rings is 8. The van der Waals surface area contributed by atoms with Gasteiger partial charge in [-0.2, -0.15) is 0 Å². The molecule has 1 aliphatic rings. The molecule has 9 rings (SSSR count). The molecule has 0 bridgehead atoms. The molecular weight excluding hydrogens is 643 g/mol. The van der Waals surface area contributed by atoms with Crippen molar-refractivity contribution < 1.29 is 0 Å². The van der Waals surface area contributed by atoms with Gasteiger partial charge in [0.15, 0.2) is 0 Å². The molecule has 0 radical (unpaired) electrons. The molecule has 8 aromatic rings. The summed E-state index contributed by atoms with van der Waals surface area (Å²) >= 11 is 2.44. The van der Waals surface area contributed by atoms with Crippen molar-refractivity contribution in [2.75, 3.05) is 0 Å². The molecule has 8 aromatic carbocycles. The first-order valence-corrected chi connectivity index (χ1v) is 16.4. The van der Waals surface area contributed by atoms with Gasteiger partial charge in [-0.25, -0.2) is 0 Å². The second-order valence-electron chi connectivity index (χ2n) is 12.6. The highest BCUT2D eigenvalue weighted by atomic mass is 127. The van der Waals surface area contributed by atoms with Crippen LogP contribution in [0.4, 0.5) is 0 Å². The van der Waals surface area contributed by atoms with Gasteiger partial charge in [0, 0.05) is 8.99 Å². The highest BCUT2D eigenvalue weighted by molar-refractivity contribution is 14.1. The van der Waals surface area contributed by atoms with Crippen LogP contribution in [-0.2, 0) is 5.41 Å². The summed E-state index contributed by atoms with van der Waals surface area (Å²) in [5.41, 5.74) is 10.7. The van der Waals surface area contributed by atoms with Gasteiger partial charge in [0.25, 0.3) is 0 Å². The number of hydrogen-bond acceptors (Lipinski definition) is 0. The summed E-state index contributed by atoms with van der Waals surface area (Å²) in [6.07, 6.45) is 0. The summed E-state index contributed by atoms with van der Waals surface area (Å²) in [5.74, 6) is 0. The Morgan fingerprint density at radius 1 is 0.432 bits per heavy atom. The predicted molar refractivity (Wildman–Crippen MR) is 198 cm³/mol. The van der Waals surface area contributed by atoms with Crippen molar-refractivity contribution in [2.45, 2.75) is 19.3 Å². The van der Waals surface area contributed by atoms with E-state index in [2.05, 4.69) is 176 Å². The predicted octanol–water partition coefficient (Wildman–Crippen LogP) is 12.5. The van der Waals surface area contributed by atoms with Gasteiger partial charge in [0.2, 0.25) is 0 Å². The van der Waals surface area contributed by atoms with E-state index >= 15 is 0 Å². The lowest BCUT2D eigenvalue weighted by atomic mass is 9.80. The Kier molecular flexibility index (Phi) is 5.62. The fourth-order valence-corrected chi connectivity index (χ4v) is 8.27. The van der Waals surface area contributed by atoms with Gasteiger partial charge in [-0.3, -0.25) is 0 Å². The lowest BCUT2D eigenvalue weighted by Crippen LogP contribution is -2.15. The Morgan fingerprint density at radius 3 is 1.61 bits per heavy atom. The third kappa shape index (κ3) is 3.69. The first-order chi connectivity index (χ1) is 21.5. The summed E-state index contributed by atoms with van der Waals surface area (Å²) < 4.78 is 1.29. The summed E-state index contributed by atoms with van der Waals surface area (Å²) in [6, 6.07) is 52.3. The highest BCUT2D eigenvalue weighted by Gasteiger charge is 2.35. The Balaban J connectivity index is 1.42. The van der Waals surface area contributed by atoms with Gasteiger partial charge in [0.1, 0.15) is 0 Å². The van der Waals surface area contributed by atoms with Crippen LogP contribution in [0, 0.1) is 3.57 Å². The largest absolute Gasteiger partial charge is 0.0616 e. The van der Waals surface area contributed by atoms with E-state index in [1.54, 1.807) is 0 Å². The average molecular weight is 673 g/mol. The summed E-state index contributed by atoms with van der Waals surface area (Å²) in [5, 5.41) is 10.3. The van der Waals surface area contributed by atoms with Crippen molar-refractivity contribution in [3.05, 3.63) is 154 Å². The van der Waals surface area contributed by atoms with Gasteiger partial charge >= 0.3 is 0 Å². The first-order valence-electron chi connectivity index (χ1n) is 15.3. The molecule has 208 valence electrons. The highest BCUT2D eigenvalue weighted by Crippen LogP contribution is 2.51. The van der Waals surface area contributed by atoms with Gasteiger partial charge in [-0.05, 0) is 141 Å². The smallest absolute Gasteiger partial charge is 0.0159 e. The molecule has 0 unspecified atom stereocenters. The van der Waals surface area contributed by atoms with Crippen LogP contribution in [0.25, 0.3) is 76.5 Å². The Hall–Kier alpha value is -4.47. The molecule has 0 nitrogen and oxygen atoms in total. The fraction of sp³-hybridized carbons (Fsp3) is 0.0698. The molecule has 0 N–H and O–H groups in total. The van der Waals surface area contributed by atoms with Crippen LogP contribution in [0.1, 0.15) is 25.0 Å².